The van der Waals surface area contributed by atoms with E-state index in [0.717, 1.165) is 28.5 Å². The molecule has 1 aromatic carbocycles. The van der Waals surface area contributed by atoms with Crippen molar-refractivity contribution in [3.63, 3.8) is 0 Å². The quantitative estimate of drug-likeness (QED) is 0.661. The molecule has 1 aromatic heterocycles. The van der Waals surface area contributed by atoms with Gasteiger partial charge in [-0.2, -0.15) is 0 Å². The van der Waals surface area contributed by atoms with Crippen molar-refractivity contribution in [3.8, 4) is 0 Å². The first-order chi connectivity index (χ1) is 13.9. The molecule has 3 rings (SSSR count). The van der Waals surface area contributed by atoms with Crippen LogP contribution in [0.3, 0.4) is 0 Å². The first kappa shape index (κ1) is 21.5. The van der Waals surface area contributed by atoms with E-state index in [1.807, 2.05) is 36.8 Å². The highest BCUT2D eigenvalue weighted by atomic mass is 19.1. The third-order valence-electron chi connectivity index (χ3n) is 5.43. The van der Waals surface area contributed by atoms with Crippen molar-refractivity contribution >= 4 is 10.9 Å². The Hall–Kier alpha value is -2.21. The summed E-state index contributed by atoms with van der Waals surface area (Å²) >= 11 is 0. The van der Waals surface area contributed by atoms with Crippen LogP contribution in [0.5, 0.6) is 0 Å². The average Bonchev–Trinajstić information content (AvgIpc) is 3.09. The zero-order valence-corrected chi connectivity index (χ0v) is 17.1. The fourth-order valence-electron chi connectivity index (χ4n) is 4.06. The van der Waals surface area contributed by atoms with Gasteiger partial charge in [0.2, 0.25) is 0 Å². The first-order valence-corrected chi connectivity index (χ1v) is 10.1. The van der Waals surface area contributed by atoms with Crippen molar-refractivity contribution in [2.24, 2.45) is 0 Å². The maximum absolute atomic E-state index is 14.8. The number of ether oxygens (including phenoxy) is 1. The van der Waals surface area contributed by atoms with Crippen LogP contribution in [0.2, 0.25) is 0 Å². The number of aliphatic hydroxyl groups is 2. The van der Waals surface area contributed by atoms with E-state index in [2.05, 4.69) is 12.7 Å². The van der Waals surface area contributed by atoms with Crippen LogP contribution in [0.15, 0.2) is 54.8 Å². The van der Waals surface area contributed by atoms with Gasteiger partial charge in [0, 0.05) is 36.5 Å². The molecule has 0 unspecified atom stereocenters. The molecule has 5 heteroatoms. The van der Waals surface area contributed by atoms with Gasteiger partial charge in [-0.1, -0.05) is 42.5 Å². The number of benzene rings is 1. The van der Waals surface area contributed by atoms with Gasteiger partial charge < -0.3 is 19.5 Å². The molecule has 0 radical (unpaired) electrons. The molecule has 3 atom stereocenters. The molecule has 2 N–H and O–H groups in total. The Labute approximate surface area is 171 Å². The lowest BCUT2D eigenvalue weighted by molar-refractivity contribution is -0.113. The molecule has 2 aromatic rings. The van der Waals surface area contributed by atoms with E-state index < -0.39 is 12.2 Å². The number of hydrogen-bond acceptors (Lipinski definition) is 3. The minimum Gasteiger partial charge on any atom is -0.394 e. The fourth-order valence-corrected chi connectivity index (χ4v) is 4.06. The molecule has 0 spiro atoms. The molecule has 1 aliphatic heterocycles. The second kappa shape index (κ2) is 9.53. The minimum absolute atomic E-state index is 0.137. The highest BCUT2D eigenvalue weighted by Gasteiger charge is 2.31. The molecule has 156 valence electrons. The smallest absolute Gasteiger partial charge is 0.147 e. The van der Waals surface area contributed by atoms with E-state index >= 15 is 0 Å². The highest BCUT2D eigenvalue weighted by molar-refractivity contribution is 5.88. The van der Waals surface area contributed by atoms with Gasteiger partial charge in [0.05, 0.1) is 30.4 Å². The number of hydrogen-bond donors (Lipinski definition) is 2. The van der Waals surface area contributed by atoms with Crippen LogP contribution in [-0.2, 0) is 11.3 Å². The standard InChI is InChI=1S/C24H30FNO3/c1-4-7-16(2)8-5-6-11-26-14-20(22-13-18(28)12-19(15-27)29-22)23-17(3)9-10-21(25)24(23)26/h4-5,7-10,14,18-19,22,27-28H,1,6,11-13,15H2,2-3H3/b8-5-,16-7-/t18-,19-,22+/m0/s1. The van der Waals surface area contributed by atoms with Gasteiger partial charge in [-0.25, -0.2) is 4.39 Å². The summed E-state index contributed by atoms with van der Waals surface area (Å²) < 4.78 is 22.7. The van der Waals surface area contributed by atoms with Crippen LogP contribution in [0.25, 0.3) is 10.9 Å². The Morgan fingerprint density at radius 2 is 2.17 bits per heavy atom. The molecule has 29 heavy (non-hydrogen) atoms. The number of nitrogens with zero attached hydrogens (tertiary/aromatic N) is 1. The number of rotatable bonds is 7. The molecular weight excluding hydrogens is 369 g/mol. The molecule has 0 aliphatic carbocycles. The summed E-state index contributed by atoms with van der Waals surface area (Å²) in [4.78, 5) is 0. The fraction of sp³-hybridized carbons (Fsp3) is 0.417. The number of aliphatic hydroxyl groups excluding tert-OH is 2. The van der Waals surface area contributed by atoms with Crippen molar-refractivity contribution in [1.82, 2.24) is 4.57 Å². The number of fused-ring (bicyclic) bond motifs is 1. The van der Waals surface area contributed by atoms with Gasteiger partial charge in [0.1, 0.15) is 5.82 Å². The van der Waals surface area contributed by atoms with E-state index in [1.165, 1.54) is 6.07 Å². The van der Waals surface area contributed by atoms with Crippen LogP contribution in [0.1, 0.15) is 43.4 Å². The van der Waals surface area contributed by atoms with E-state index in [0.29, 0.717) is 24.9 Å². The summed E-state index contributed by atoms with van der Waals surface area (Å²) in [6.07, 6.45) is 10.0. The summed E-state index contributed by atoms with van der Waals surface area (Å²) in [5.74, 6) is -0.265. The SMILES string of the molecule is C=C/C=C(C)\C=C/CCn1cc([C@H]2C[C@@H](O)C[C@@H](CO)O2)c2c(C)ccc(F)c21. The highest BCUT2D eigenvalue weighted by Crippen LogP contribution is 2.38. The lowest BCUT2D eigenvalue weighted by Gasteiger charge is -2.32. The maximum Gasteiger partial charge on any atom is 0.147 e. The van der Waals surface area contributed by atoms with Crippen molar-refractivity contribution < 1.29 is 19.3 Å². The Balaban J connectivity index is 1.94. The third kappa shape index (κ3) is 4.86. The Morgan fingerprint density at radius 3 is 2.90 bits per heavy atom. The monoisotopic (exact) mass is 399 g/mol. The topological polar surface area (TPSA) is 54.6 Å². The molecule has 1 saturated heterocycles. The normalized spacial score (nSPS) is 23.2. The molecule has 0 amide bonds. The lowest BCUT2D eigenvalue weighted by atomic mass is 9.94. The Bertz CT molecular complexity index is 928. The molecule has 2 heterocycles. The van der Waals surface area contributed by atoms with Crippen LogP contribution < -0.4 is 0 Å². The van der Waals surface area contributed by atoms with Gasteiger partial charge in [-0.3, -0.25) is 0 Å². The molecule has 4 nitrogen and oxygen atoms in total. The van der Waals surface area contributed by atoms with Gasteiger partial charge >= 0.3 is 0 Å². The van der Waals surface area contributed by atoms with E-state index in [-0.39, 0.29) is 18.5 Å². The van der Waals surface area contributed by atoms with E-state index in [1.54, 1.807) is 12.1 Å². The van der Waals surface area contributed by atoms with Crippen LogP contribution in [0.4, 0.5) is 4.39 Å². The zero-order chi connectivity index (χ0) is 21.0. The molecule has 1 fully saturated rings. The summed E-state index contributed by atoms with van der Waals surface area (Å²) in [7, 11) is 0. The van der Waals surface area contributed by atoms with Gasteiger partial charge in [-0.15, -0.1) is 0 Å². The molecule has 0 saturated carbocycles. The van der Waals surface area contributed by atoms with Crippen LogP contribution in [0, 0.1) is 12.7 Å². The molecular formula is C24H30FNO3. The summed E-state index contributed by atoms with van der Waals surface area (Å²) in [6, 6.07) is 3.27. The number of aryl methyl sites for hydroxylation is 2. The minimum atomic E-state index is -0.541. The zero-order valence-electron chi connectivity index (χ0n) is 17.1. The predicted octanol–water partition coefficient (Wildman–Crippen LogP) is 4.74. The van der Waals surface area contributed by atoms with E-state index in [9.17, 15) is 14.6 Å². The van der Waals surface area contributed by atoms with Gasteiger partial charge in [-0.05, 0) is 31.9 Å². The van der Waals surface area contributed by atoms with Gasteiger partial charge in [0.15, 0.2) is 0 Å². The van der Waals surface area contributed by atoms with E-state index in [4.69, 9.17) is 4.74 Å². The lowest BCUT2D eigenvalue weighted by Crippen LogP contribution is -2.33. The predicted molar refractivity (Wildman–Crippen MR) is 114 cm³/mol. The van der Waals surface area contributed by atoms with Crippen LogP contribution in [-0.4, -0.2) is 33.6 Å². The molecule has 1 aliphatic rings. The summed E-state index contributed by atoms with van der Waals surface area (Å²) in [5, 5.41) is 20.6. The first-order valence-electron chi connectivity index (χ1n) is 10.1. The Kier molecular flexibility index (Phi) is 7.06. The average molecular weight is 400 g/mol. The summed E-state index contributed by atoms with van der Waals surface area (Å²) in [5.41, 5.74) is 3.52. The maximum atomic E-state index is 14.8. The van der Waals surface area contributed by atoms with Crippen molar-refractivity contribution in [2.45, 2.75) is 58.0 Å². The second-order valence-corrected chi connectivity index (χ2v) is 7.76. The number of halogens is 1. The Morgan fingerprint density at radius 1 is 1.38 bits per heavy atom. The van der Waals surface area contributed by atoms with Gasteiger partial charge in [0.25, 0.3) is 0 Å². The van der Waals surface area contributed by atoms with Crippen molar-refractivity contribution in [3.05, 3.63) is 71.7 Å². The summed E-state index contributed by atoms with van der Waals surface area (Å²) in [6.45, 7) is 8.15. The van der Waals surface area contributed by atoms with Crippen molar-refractivity contribution in [2.75, 3.05) is 6.61 Å². The van der Waals surface area contributed by atoms with Crippen LogP contribution >= 0.6 is 0 Å². The van der Waals surface area contributed by atoms with Crippen molar-refractivity contribution in [1.29, 1.82) is 0 Å². The third-order valence-corrected chi connectivity index (χ3v) is 5.43. The number of aromatic nitrogens is 1. The molecule has 0 bridgehead atoms. The number of allylic oxidation sites excluding steroid dienone is 5. The second-order valence-electron chi connectivity index (χ2n) is 7.76. The largest absolute Gasteiger partial charge is 0.394 e.